The molecule has 2 aromatic heterocycles. The number of carbonyl (C=O) groups is 3. The van der Waals surface area contributed by atoms with Crippen LogP contribution in [0.25, 0.3) is 11.0 Å². The van der Waals surface area contributed by atoms with Gasteiger partial charge in [-0.3, -0.25) is 19.3 Å². The summed E-state index contributed by atoms with van der Waals surface area (Å²) in [6, 6.07) is 8.00. The van der Waals surface area contributed by atoms with E-state index in [1.165, 1.54) is 32.5 Å². The molecule has 1 aliphatic heterocycles. The number of H-pyrrole nitrogens is 1. The van der Waals surface area contributed by atoms with Gasteiger partial charge < -0.3 is 19.9 Å². The van der Waals surface area contributed by atoms with Crippen molar-refractivity contribution in [3.63, 3.8) is 0 Å². The van der Waals surface area contributed by atoms with Crippen molar-refractivity contribution >= 4 is 28.6 Å². The molecule has 35 heavy (non-hydrogen) atoms. The highest BCUT2D eigenvalue weighted by molar-refractivity contribution is 6.44. The first-order valence-electron chi connectivity index (χ1n) is 11.4. The van der Waals surface area contributed by atoms with Gasteiger partial charge in [-0.25, -0.2) is 4.39 Å². The Morgan fingerprint density at radius 1 is 1.20 bits per heavy atom. The van der Waals surface area contributed by atoms with E-state index in [0.29, 0.717) is 30.7 Å². The lowest BCUT2D eigenvalue weighted by Gasteiger charge is -2.40. The maximum atomic E-state index is 13.5. The summed E-state index contributed by atoms with van der Waals surface area (Å²) in [5, 5.41) is 2.70. The van der Waals surface area contributed by atoms with Gasteiger partial charge in [-0.2, -0.15) is 4.98 Å². The number of hydrogen-bond donors (Lipinski definition) is 2. The molecule has 0 saturated carbocycles. The summed E-state index contributed by atoms with van der Waals surface area (Å²) >= 11 is 0. The summed E-state index contributed by atoms with van der Waals surface area (Å²) in [5.41, 5.74) is 1.79. The van der Waals surface area contributed by atoms with Gasteiger partial charge in [0.1, 0.15) is 17.0 Å². The lowest BCUT2D eigenvalue weighted by atomic mass is 10.1. The zero-order valence-corrected chi connectivity index (χ0v) is 19.9. The Hall–Kier alpha value is -3.79. The first kappa shape index (κ1) is 24.3. The molecule has 9 nitrogen and oxygen atoms in total. The van der Waals surface area contributed by atoms with Crippen molar-refractivity contribution in [2.24, 2.45) is 0 Å². The topological polar surface area (TPSA) is 108 Å². The monoisotopic (exact) mass is 481 g/mol. The highest BCUT2D eigenvalue weighted by atomic mass is 19.1. The predicted molar refractivity (Wildman–Crippen MR) is 128 cm³/mol. The van der Waals surface area contributed by atoms with Gasteiger partial charge in [0.15, 0.2) is 0 Å². The Balaban J connectivity index is 1.50. The summed E-state index contributed by atoms with van der Waals surface area (Å²) < 4.78 is 18.5. The number of benzene rings is 1. The molecule has 4 rings (SSSR count). The quantitative estimate of drug-likeness (QED) is 0.395. The van der Waals surface area contributed by atoms with Crippen LogP contribution in [0.1, 0.15) is 33.2 Å². The Bertz CT molecular complexity index is 1260. The maximum Gasteiger partial charge on any atom is 0.292 e. The summed E-state index contributed by atoms with van der Waals surface area (Å²) in [6.07, 6.45) is 2.20. The van der Waals surface area contributed by atoms with Gasteiger partial charge in [-0.1, -0.05) is 12.1 Å². The third kappa shape index (κ3) is 5.02. The number of aromatic nitrogens is 2. The zero-order valence-electron chi connectivity index (χ0n) is 19.9. The Morgan fingerprint density at radius 2 is 1.94 bits per heavy atom. The van der Waals surface area contributed by atoms with Crippen LogP contribution in [0.3, 0.4) is 0 Å². The van der Waals surface area contributed by atoms with Crippen molar-refractivity contribution in [1.82, 2.24) is 25.1 Å². The van der Waals surface area contributed by atoms with Gasteiger partial charge in [0.05, 0.1) is 12.7 Å². The number of piperazine rings is 1. The summed E-state index contributed by atoms with van der Waals surface area (Å²) in [5.74, 6) is -1.81. The largest absolute Gasteiger partial charge is 0.480 e. The number of pyridine rings is 1. The predicted octanol–water partition coefficient (Wildman–Crippen LogP) is 2.03. The number of Topliss-reactive ketones (excluding diaryl/α,β-unsaturated/α-hetero) is 1. The van der Waals surface area contributed by atoms with Crippen LogP contribution in [0, 0.1) is 5.82 Å². The number of halogens is 1. The van der Waals surface area contributed by atoms with Crippen LogP contribution in [0.15, 0.2) is 36.5 Å². The van der Waals surface area contributed by atoms with Crippen molar-refractivity contribution in [3.8, 4) is 5.88 Å². The summed E-state index contributed by atoms with van der Waals surface area (Å²) in [4.78, 5) is 49.1. The molecule has 184 valence electrons. The number of aromatic amines is 1. The third-order valence-electron chi connectivity index (χ3n) is 6.34. The molecule has 1 saturated heterocycles. The highest BCUT2D eigenvalue weighted by Crippen LogP contribution is 2.27. The van der Waals surface area contributed by atoms with E-state index in [4.69, 9.17) is 4.74 Å². The van der Waals surface area contributed by atoms with Crippen LogP contribution in [0.5, 0.6) is 5.88 Å². The van der Waals surface area contributed by atoms with E-state index in [1.54, 1.807) is 23.1 Å². The number of carbonyl (C=O) groups excluding carboxylic acids is 3. The summed E-state index contributed by atoms with van der Waals surface area (Å²) in [7, 11) is 2.81. The second-order valence-electron chi connectivity index (χ2n) is 8.58. The van der Waals surface area contributed by atoms with E-state index >= 15 is 0 Å². The maximum absolute atomic E-state index is 13.5. The first-order valence-corrected chi connectivity index (χ1v) is 11.4. The smallest absolute Gasteiger partial charge is 0.292 e. The minimum atomic E-state index is -0.750. The molecule has 0 spiro atoms. The second-order valence-corrected chi connectivity index (χ2v) is 8.58. The average Bonchev–Trinajstić information content (AvgIpc) is 3.29. The molecule has 1 fully saturated rings. The van der Waals surface area contributed by atoms with Crippen molar-refractivity contribution in [2.75, 3.05) is 40.3 Å². The van der Waals surface area contributed by atoms with Crippen molar-refractivity contribution in [1.29, 1.82) is 0 Å². The molecule has 2 amide bonds. The van der Waals surface area contributed by atoms with E-state index in [2.05, 4.69) is 20.2 Å². The fraction of sp³-hybridized carbons (Fsp3) is 0.360. The highest BCUT2D eigenvalue weighted by Gasteiger charge is 2.31. The molecule has 1 aliphatic rings. The number of rotatable bonds is 7. The van der Waals surface area contributed by atoms with Gasteiger partial charge in [-0.15, -0.1) is 0 Å². The SMILES string of the molecule is CNC(=O)C(=O)c1c[nH]c2nc(OC)c(C(=O)N3CCN(CCc4ccc(F)cc4)C[C@H]3C)cc12. The molecule has 1 atom stereocenters. The van der Waals surface area contributed by atoms with Crippen LogP contribution in [-0.2, 0) is 11.2 Å². The summed E-state index contributed by atoms with van der Waals surface area (Å²) in [6.45, 7) is 4.69. The molecule has 0 bridgehead atoms. The van der Waals surface area contributed by atoms with Gasteiger partial charge in [0.2, 0.25) is 5.88 Å². The van der Waals surface area contributed by atoms with Crippen molar-refractivity contribution in [2.45, 2.75) is 19.4 Å². The minimum absolute atomic E-state index is 0.0666. The fourth-order valence-electron chi connectivity index (χ4n) is 4.39. The molecule has 3 aromatic rings. The molecule has 0 radical (unpaired) electrons. The molecular weight excluding hydrogens is 453 g/mol. The van der Waals surface area contributed by atoms with Gasteiger partial charge in [0.25, 0.3) is 17.6 Å². The minimum Gasteiger partial charge on any atom is -0.480 e. The fourth-order valence-corrected chi connectivity index (χ4v) is 4.39. The number of ether oxygens (including phenoxy) is 1. The number of nitrogens with zero attached hydrogens (tertiary/aromatic N) is 3. The molecule has 0 unspecified atom stereocenters. The van der Waals surface area contributed by atoms with Crippen LogP contribution < -0.4 is 10.1 Å². The second kappa shape index (κ2) is 10.2. The van der Waals surface area contributed by atoms with E-state index in [9.17, 15) is 18.8 Å². The molecule has 0 aliphatic carbocycles. The van der Waals surface area contributed by atoms with Gasteiger partial charge in [0, 0.05) is 50.9 Å². The number of ketones is 1. The molecular formula is C25H28FN5O4. The van der Waals surface area contributed by atoms with Gasteiger partial charge >= 0.3 is 0 Å². The van der Waals surface area contributed by atoms with E-state index in [-0.39, 0.29) is 34.8 Å². The number of nitrogens with one attached hydrogen (secondary N) is 2. The lowest BCUT2D eigenvalue weighted by Crippen LogP contribution is -2.54. The van der Waals surface area contributed by atoms with E-state index in [0.717, 1.165) is 18.5 Å². The standard InChI is InChI=1S/C25H28FN5O4/c1-15-14-30(9-8-16-4-6-17(26)7-5-16)10-11-31(15)25(34)19-12-18-20(21(32)23(33)27-2)13-28-22(18)29-24(19)35-3/h4-7,12-13,15H,8-11,14H2,1-3H3,(H,27,33)(H,28,29)/t15-/m1/s1. The Labute approximate surface area is 202 Å². The van der Waals surface area contributed by atoms with E-state index in [1.807, 2.05) is 6.92 Å². The average molecular weight is 482 g/mol. The number of fused-ring (bicyclic) bond motifs is 1. The number of hydrogen-bond acceptors (Lipinski definition) is 6. The molecule has 10 heteroatoms. The van der Waals surface area contributed by atoms with Crippen molar-refractivity contribution in [3.05, 3.63) is 59.0 Å². The zero-order chi connectivity index (χ0) is 25.1. The molecule has 2 N–H and O–H groups in total. The van der Waals surface area contributed by atoms with Crippen LogP contribution in [0.2, 0.25) is 0 Å². The van der Waals surface area contributed by atoms with Gasteiger partial charge in [-0.05, 0) is 37.1 Å². The van der Waals surface area contributed by atoms with Crippen LogP contribution >= 0.6 is 0 Å². The third-order valence-corrected chi connectivity index (χ3v) is 6.34. The lowest BCUT2D eigenvalue weighted by molar-refractivity contribution is -0.116. The van der Waals surface area contributed by atoms with Crippen molar-refractivity contribution < 1.29 is 23.5 Å². The molecule has 1 aromatic carbocycles. The number of methoxy groups -OCH3 is 1. The number of amides is 2. The first-order chi connectivity index (χ1) is 16.8. The Morgan fingerprint density at radius 3 is 2.60 bits per heavy atom. The van der Waals surface area contributed by atoms with Crippen LogP contribution in [-0.4, -0.2) is 83.7 Å². The normalized spacial score (nSPS) is 16.3. The van der Waals surface area contributed by atoms with E-state index < -0.39 is 11.7 Å². The van der Waals surface area contributed by atoms with Crippen LogP contribution in [0.4, 0.5) is 4.39 Å². The number of likely N-dealkylation sites (N-methyl/N-ethyl adjacent to an activating group) is 1. The Kier molecular flexibility index (Phi) is 7.11. The molecule has 3 heterocycles.